The predicted octanol–water partition coefficient (Wildman–Crippen LogP) is 2.02. The van der Waals surface area contributed by atoms with Gasteiger partial charge in [0.1, 0.15) is 0 Å². The van der Waals surface area contributed by atoms with Crippen molar-refractivity contribution in [1.82, 2.24) is 14.1 Å². The molecular formula is C20H37N3O3S. The van der Waals surface area contributed by atoms with Crippen molar-refractivity contribution in [3.05, 3.63) is 0 Å². The van der Waals surface area contributed by atoms with Crippen LogP contribution in [0.15, 0.2) is 0 Å². The SMILES string of the molecule is CCS(=O)(=O)N1CCC(C(=O)N2CCC[C@@H](CN3CCC(C)CC3)C2)CC1. The Morgan fingerprint density at radius 3 is 2.26 bits per heavy atom. The molecule has 156 valence electrons. The van der Waals surface area contributed by atoms with Crippen molar-refractivity contribution in [2.75, 3.05) is 51.6 Å². The van der Waals surface area contributed by atoms with E-state index in [1.807, 2.05) is 0 Å². The average Bonchev–Trinajstić information content (AvgIpc) is 2.69. The first-order chi connectivity index (χ1) is 12.9. The predicted molar refractivity (Wildman–Crippen MR) is 108 cm³/mol. The molecule has 3 heterocycles. The molecule has 0 unspecified atom stereocenters. The third-order valence-corrected chi connectivity index (χ3v) is 8.67. The van der Waals surface area contributed by atoms with Crippen LogP contribution in [0.25, 0.3) is 0 Å². The summed E-state index contributed by atoms with van der Waals surface area (Å²) in [6, 6.07) is 0. The lowest BCUT2D eigenvalue weighted by atomic mass is 9.91. The summed E-state index contributed by atoms with van der Waals surface area (Å²) < 4.78 is 25.6. The Bertz CT molecular complexity index is 594. The second-order valence-corrected chi connectivity index (χ2v) is 11.1. The van der Waals surface area contributed by atoms with Gasteiger partial charge in [0.05, 0.1) is 5.75 Å². The molecule has 0 N–H and O–H groups in total. The summed E-state index contributed by atoms with van der Waals surface area (Å²) in [5, 5.41) is 0. The number of hydrogen-bond acceptors (Lipinski definition) is 4. The standard InChI is InChI=1S/C20H37N3O3S/c1-3-27(25,26)23-13-8-19(9-14-23)20(24)22-10-4-5-18(16-22)15-21-11-6-17(2)7-12-21/h17-19H,3-16H2,1-2H3/t18-/m0/s1. The Morgan fingerprint density at radius 1 is 0.963 bits per heavy atom. The van der Waals surface area contributed by atoms with E-state index in [9.17, 15) is 13.2 Å². The molecule has 1 atom stereocenters. The van der Waals surface area contributed by atoms with E-state index in [1.54, 1.807) is 11.2 Å². The summed E-state index contributed by atoms with van der Waals surface area (Å²) in [5.41, 5.74) is 0. The summed E-state index contributed by atoms with van der Waals surface area (Å²) in [6.07, 6.45) is 6.27. The zero-order valence-electron chi connectivity index (χ0n) is 17.1. The second kappa shape index (κ2) is 9.23. The number of carbonyl (C=O) groups is 1. The fourth-order valence-electron chi connectivity index (χ4n) is 4.85. The van der Waals surface area contributed by atoms with Crippen LogP contribution in [0.2, 0.25) is 0 Å². The maximum absolute atomic E-state index is 13.0. The van der Waals surface area contributed by atoms with Crippen LogP contribution in [-0.4, -0.2) is 80.0 Å². The lowest BCUT2D eigenvalue weighted by molar-refractivity contribution is -0.138. The molecule has 0 spiro atoms. The highest BCUT2D eigenvalue weighted by Crippen LogP contribution is 2.26. The van der Waals surface area contributed by atoms with E-state index < -0.39 is 10.0 Å². The molecule has 3 aliphatic rings. The van der Waals surface area contributed by atoms with E-state index in [1.165, 1.54) is 32.4 Å². The maximum Gasteiger partial charge on any atom is 0.225 e. The van der Waals surface area contributed by atoms with Crippen LogP contribution in [-0.2, 0) is 14.8 Å². The summed E-state index contributed by atoms with van der Waals surface area (Å²) in [7, 11) is -3.12. The number of amides is 1. The normalized spacial score (nSPS) is 27.8. The molecule has 6 nitrogen and oxygen atoms in total. The number of piperidine rings is 3. The lowest BCUT2D eigenvalue weighted by Crippen LogP contribution is -2.49. The number of nitrogens with zero attached hydrogens (tertiary/aromatic N) is 3. The van der Waals surface area contributed by atoms with E-state index >= 15 is 0 Å². The topological polar surface area (TPSA) is 60.9 Å². The van der Waals surface area contributed by atoms with Crippen LogP contribution in [0.4, 0.5) is 0 Å². The number of carbonyl (C=O) groups excluding carboxylic acids is 1. The van der Waals surface area contributed by atoms with Crippen molar-refractivity contribution in [3.8, 4) is 0 Å². The first kappa shape index (κ1) is 21.1. The van der Waals surface area contributed by atoms with Crippen molar-refractivity contribution in [2.24, 2.45) is 17.8 Å². The van der Waals surface area contributed by atoms with Crippen LogP contribution < -0.4 is 0 Å². The molecule has 3 rings (SSSR count). The molecule has 0 aromatic carbocycles. The van der Waals surface area contributed by atoms with Crippen LogP contribution >= 0.6 is 0 Å². The van der Waals surface area contributed by atoms with E-state index in [-0.39, 0.29) is 17.6 Å². The van der Waals surface area contributed by atoms with Gasteiger partial charge in [-0.15, -0.1) is 0 Å². The molecule has 3 saturated heterocycles. The van der Waals surface area contributed by atoms with Gasteiger partial charge in [0.2, 0.25) is 15.9 Å². The van der Waals surface area contributed by atoms with Crippen LogP contribution in [0, 0.1) is 17.8 Å². The minimum Gasteiger partial charge on any atom is -0.342 e. The van der Waals surface area contributed by atoms with Crippen molar-refractivity contribution in [2.45, 2.75) is 52.4 Å². The van der Waals surface area contributed by atoms with Gasteiger partial charge < -0.3 is 9.80 Å². The number of sulfonamides is 1. The Labute approximate surface area is 165 Å². The molecule has 0 aromatic rings. The van der Waals surface area contributed by atoms with Crippen molar-refractivity contribution in [1.29, 1.82) is 0 Å². The zero-order chi connectivity index (χ0) is 19.4. The van der Waals surface area contributed by atoms with Gasteiger partial charge in [0.15, 0.2) is 0 Å². The van der Waals surface area contributed by atoms with Gasteiger partial charge in [-0.3, -0.25) is 4.79 Å². The fraction of sp³-hybridized carbons (Fsp3) is 0.950. The smallest absolute Gasteiger partial charge is 0.225 e. The van der Waals surface area contributed by atoms with Crippen LogP contribution in [0.1, 0.15) is 52.4 Å². The molecule has 0 aliphatic carbocycles. The third-order valence-electron chi connectivity index (χ3n) is 6.78. The largest absolute Gasteiger partial charge is 0.342 e. The number of hydrogen-bond donors (Lipinski definition) is 0. The molecule has 3 fully saturated rings. The number of likely N-dealkylation sites (tertiary alicyclic amines) is 2. The molecule has 1 amide bonds. The molecule has 7 heteroatoms. The molecular weight excluding hydrogens is 362 g/mol. The van der Waals surface area contributed by atoms with E-state index in [0.717, 1.165) is 32.0 Å². The average molecular weight is 400 g/mol. The zero-order valence-corrected chi connectivity index (χ0v) is 17.9. The quantitative estimate of drug-likeness (QED) is 0.710. The molecule has 27 heavy (non-hydrogen) atoms. The van der Waals surface area contributed by atoms with Crippen LogP contribution in [0.5, 0.6) is 0 Å². The molecule has 0 bridgehead atoms. The first-order valence-corrected chi connectivity index (χ1v) is 12.5. The monoisotopic (exact) mass is 399 g/mol. The third kappa shape index (κ3) is 5.45. The minimum atomic E-state index is -3.12. The van der Waals surface area contributed by atoms with Gasteiger partial charge in [0.25, 0.3) is 0 Å². The van der Waals surface area contributed by atoms with E-state index in [4.69, 9.17) is 0 Å². The highest BCUT2D eigenvalue weighted by molar-refractivity contribution is 7.89. The van der Waals surface area contributed by atoms with Gasteiger partial charge in [-0.1, -0.05) is 6.92 Å². The van der Waals surface area contributed by atoms with Gasteiger partial charge >= 0.3 is 0 Å². The van der Waals surface area contributed by atoms with Gasteiger partial charge in [-0.25, -0.2) is 12.7 Å². The second-order valence-electron chi connectivity index (χ2n) is 8.85. The van der Waals surface area contributed by atoms with Crippen molar-refractivity contribution in [3.63, 3.8) is 0 Å². The molecule has 0 saturated carbocycles. The molecule has 0 radical (unpaired) electrons. The number of rotatable bonds is 5. The summed E-state index contributed by atoms with van der Waals surface area (Å²) in [6.45, 7) is 10.3. The van der Waals surface area contributed by atoms with Gasteiger partial charge in [0, 0.05) is 38.6 Å². The Balaban J connectivity index is 1.47. The van der Waals surface area contributed by atoms with Crippen molar-refractivity contribution >= 4 is 15.9 Å². The van der Waals surface area contributed by atoms with Crippen molar-refractivity contribution < 1.29 is 13.2 Å². The molecule has 0 aromatic heterocycles. The lowest BCUT2D eigenvalue weighted by Gasteiger charge is -2.40. The highest BCUT2D eigenvalue weighted by atomic mass is 32.2. The van der Waals surface area contributed by atoms with E-state index in [2.05, 4.69) is 16.7 Å². The van der Waals surface area contributed by atoms with E-state index in [0.29, 0.717) is 31.8 Å². The Morgan fingerprint density at radius 2 is 1.63 bits per heavy atom. The summed E-state index contributed by atoms with van der Waals surface area (Å²) in [4.78, 5) is 17.7. The van der Waals surface area contributed by atoms with Gasteiger partial charge in [-0.05, 0) is 70.4 Å². The molecule has 3 aliphatic heterocycles. The summed E-state index contributed by atoms with van der Waals surface area (Å²) in [5.74, 6) is 1.86. The summed E-state index contributed by atoms with van der Waals surface area (Å²) >= 11 is 0. The fourth-order valence-corrected chi connectivity index (χ4v) is 5.98. The van der Waals surface area contributed by atoms with Gasteiger partial charge in [-0.2, -0.15) is 0 Å². The minimum absolute atomic E-state index is 0.00268. The maximum atomic E-state index is 13.0. The Kier molecular flexibility index (Phi) is 7.20. The first-order valence-electron chi connectivity index (χ1n) is 10.9. The van der Waals surface area contributed by atoms with Crippen LogP contribution in [0.3, 0.4) is 0 Å². The highest BCUT2D eigenvalue weighted by Gasteiger charge is 2.34. The Hall–Kier alpha value is -0.660.